The van der Waals surface area contributed by atoms with Crippen molar-refractivity contribution in [3.8, 4) is 11.4 Å². The summed E-state index contributed by atoms with van der Waals surface area (Å²) in [6, 6.07) is 2.76. The van der Waals surface area contributed by atoms with Gasteiger partial charge in [0, 0.05) is 11.6 Å². The molecule has 17 heavy (non-hydrogen) atoms. The molecule has 5 nitrogen and oxygen atoms in total. The third-order valence-electron chi connectivity index (χ3n) is 1.91. The highest BCUT2D eigenvalue weighted by Crippen LogP contribution is 2.18. The van der Waals surface area contributed by atoms with E-state index < -0.39 is 17.6 Å². The van der Waals surface area contributed by atoms with Gasteiger partial charge in [-0.15, -0.1) is 0 Å². The van der Waals surface area contributed by atoms with Gasteiger partial charge in [0.2, 0.25) is 5.82 Å². The Balaban J connectivity index is 2.40. The molecule has 0 atom stereocenters. The minimum absolute atomic E-state index is 0.0707. The number of rotatable bonds is 2. The molecule has 2 rings (SSSR count). The number of hydrogen-bond donors (Lipinski definition) is 0. The zero-order chi connectivity index (χ0) is 12.4. The Morgan fingerprint density at radius 1 is 1.29 bits per heavy atom. The lowest BCUT2D eigenvalue weighted by molar-refractivity contribution is 0.0545. The lowest BCUT2D eigenvalue weighted by atomic mass is 10.2. The van der Waals surface area contributed by atoms with Crippen LogP contribution in [0.5, 0.6) is 0 Å². The highest BCUT2D eigenvalue weighted by molar-refractivity contribution is 5.84. The van der Waals surface area contributed by atoms with Crippen LogP contribution >= 0.6 is 0 Å². The third-order valence-corrected chi connectivity index (χ3v) is 1.91. The summed E-state index contributed by atoms with van der Waals surface area (Å²) < 4.78 is 34.8. The molecule has 88 valence electrons. The van der Waals surface area contributed by atoms with Gasteiger partial charge in [0.15, 0.2) is 0 Å². The van der Waals surface area contributed by atoms with Gasteiger partial charge in [-0.25, -0.2) is 13.6 Å². The van der Waals surface area contributed by atoms with E-state index in [2.05, 4.69) is 19.4 Å². The van der Waals surface area contributed by atoms with Gasteiger partial charge in [-0.2, -0.15) is 4.98 Å². The van der Waals surface area contributed by atoms with E-state index in [1.54, 1.807) is 0 Å². The summed E-state index contributed by atoms with van der Waals surface area (Å²) in [6.07, 6.45) is 0. The molecule has 0 saturated carbocycles. The first-order chi connectivity index (χ1) is 8.10. The van der Waals surface area contributed by atoms with E-state index in [0.717, 1.165) is 19.2 Å². The van der Waals surface area contributed by atoms with E-state index in [-0.39, 0.29) is 17.3 Å². The quantitative estimate of drug-likeness (QED) is 0.749. The summed E-state index contributed by atoms with van der Waals surface area (Å²) in [5.74, 6) is -2.84. The molecule has 0 unspecified atom stereocenters. The summed E-state index contributed by atoms with van der Waals surface area (Å²) >= 11 is 0. The SMILES string of the molecule is COC(=O)c1nc(-c2cc(F)cc(F)c2)no1. The number of halogens is 2. The van der Waals surface area contributed by atoms with Crippen molar-refractivity contribution in [1.29, 1.82) is 0 Å². The fourth-order valence-electron chi connectivity index (χ4n) is 1.19. The normalized spacial score (nSPS) is 10.3. The predicted molar refractivity (Wildman–Crippen MR) is 51.0 cm³/mol. The molecule has 2 aromatic rings. The molecule has 0 saturated heterocycles. The van der Waals surface area contributed by atoms with Crippen LogP contribution < -0.4 is 0 Å². The van der Waals surface area contributed by atoms with Crippen LogP contribution in [0.3, 0.4) is 0 Å². The summed E-state index contributed by atoms with van der Waals surface area (Å²) in [4.78, 5) is 14.7. The topological polar surface area (TPSA) is 65.2 Å². The second kappa shape index (κ2) is 4.28. The standard InChI is InChI=1S/C10H6F2N2O3/c1-16-10(15)9-13-8(14-17-9)5-2-6(11)4-7(12)3-5/h2-4H,1H3. The Morgan fingerprint density at radius 3 is 2.53 bits per heavy atom. The smallest absolute Gasteiger partial charge is 0.397 e. The van der Waals surface area contributed by atoms with Crippen LogP contribution in [0.25, 0.3) is 11.4 Å². The molecule has 0 amide bonds. The number of carbonyl (C=O) groups excluding carboxylic acids is 1. The van der Waals surface area contributed by atoms with Gasteiger partial charge in [-0.05, 0) is 12.1 Å². The van der Waals surface area contributed by atoms with E-state index >= 15 is 0 Å². The van der Waals surface area contributed by atoms with Gasteiger partial charge in [-0.3, -0.25) is 0 Å². The fourth-order valence-corrected chi connectivity index (χ4v) is 1.19. The average Bonchev–Trinajstić information content (AvgIpc) is 2.76. The molecule has 0 fully saturated rings. The lowest BCUT2D eigenvalue weighted by Crippen LogP contribution is -2.01. The zero-order valence-corrected chi connectivity index (χ0v) is 8.61. The van der Waals surface area contributed by atoms with Gasteiger partial charge in [0.05, 0.1) is 7.11 Å². The summed E-state index contributed by atoms with van der Waals surface area (Å²) in [5.41, 5.74) is 0.0707. The van der Waals surface area contributed by atoms with Crippen molar-refractivity contribution in [3.05, 3.63) is 35.7 Å². The number of carbonyl (C=O) groups is 1. The van der Waals surface area contributed by atoms with Crippen LogP contribution in [-0.2, 0) is 4.74 Å². The number of esters is 1. The number of aromatic nitrogens is 2. The first kappa shape index (κ1) is 11.2. The van der Waals surface area contributed by atoms with Gasteiger partial charge in [0.1, 0.15) is 11.6 Å². The van der Waals surface area contributed by atoms with Crippen LogP contribution in [-0.4, -0.2) is 23.2 Å². The number of nitrogens with zero attached hydrogens (tertiary/aromatic N) is 2. The van der Waals surface area contributed by atoms with Crippen LogP contribution in [0.4, 0.5) is 8.78 Å². The molecule has 1 heterocycles. The van der Waals surface area contributed by atoms with Crippen molar-refractivity contribution in [2.24, 2.45) is 0 Å². The van der Waals surface area contributed by atoms with Crippen molar-refractivity contribution in [2.75, 3.05) is 7.11 Å². The zero-order valence-electron chi connectivity index (χ0n) is 8.61. The largest absolute Gasteiger partial charge is 0.462 e. The maximum Gasteiger partial charge on any atom is 0.397 e. The second-order valence-corrected chi connectivity index (χ2v) is 3.07. The van der Waals surface area contributed by atoms with E-state index in [0.29, 0.717) is 6.07 Å². The Hall–Kier alpha value is -2.31. The van der Waals surface area contributed by atoms with E-state index in [1.807, 2.05) is 0 Å². The van der Waals surface area contributed by atoms with Crippen molar-refractivity contribution >= 4 is 5.97 Å². The minimum Gasteiger partial charge on any atom is -0.462 e. The number of methoxy groups -OCH3 is 1. The van der Waals surface area contributed by atoms with E-state index in [4.69, 9.17) is 0 Å². The van der Waals surface area contributed by atoms with Crippen LogP contribution in [0.1, 0.15) is 10.7 Å². The number of ether oxygens (including phenoxy) is 1. The molecular formula is C10H6F2N2O3. The molecule has 0 aliphatic carbocycles. The van der Waals surface area contributed by atoms with Crippen molar-refractivity contribution in [1.82, 2.24) is 10.1 Å². The van der Waals surface area contributed by atoms with Crippen molar-refractivity contribution < 1.29 is 22.8 Å². The molecule has 0 bridgehead atoms. The maximum atomic E-state index is 12.9. The second-order valence-electron chi connectivity index (χ2n) is 3.07. The maximum absolute atomic E-state index is 12.9. The Morgan fingerprint density at radius 2 is 1.94 bits per heavy atom. The average molecular weight is 240 g/mol. The number of benzene rings is 1. The first-order valence-electron chi connectivity index (χ1n) is 4.48. The van der Waals surface area contributed by atoms with Gasteiger partial charge < -0.3 is 9.26 Å². The highest BCUT2D eigenvalue weighted by atomic mass is 19.1. The van der Waals surface area contributed by atoms with Crippen LogP contribution in [0.15, 0.2) is 22.7 Å². The Labute approximate surface area is 94.0 Å². The van der Waals surface area contributed by atoms with Crippen molar-refractivity contribution in [2.45, 2.75) is 0 Å². The molecule has 0 aliphatic heterocycles. The van der Waals surface area contributed by atoms with Gasteiger partial charge in [-0.1, -0.05) is 5.16 Å². The third kappa shape index (κ3) is 2.27. The highest BCUT2D eigenvalue weighted by Gasteiger charge is 2.17. The molecule has 1 aromatic heterocycles. The molecule has 0 aliphatic rings. The van der Waals surface area contributed by atoms with Gasteiger partial charge in [0.25, 0.3) is 0 Å². The molecular weight excluding hydrogens is 234 g/mol. The molecule has 0 spiro atoms. The summed E-state index contributed by atoms with van der Waals surface area (Å²) in [7, 11) is 1.15. The first-order valence-corrected chi connectivity index (χ1v) is 4.48. The predicted octanol–water partition coefficient (Wildman–Crippen LogP) is 1.80. The van der Waals surface area contributed by atoms with Crippen LogP contribution in [0, 0.1) is 11.6 Å². The Kier molecular flexibility index (Phi) is 2.82. The monoisotopic (exact) mass is 240 g/mol. The minimum atomic E-state index is -0.819. The fraction of sp³-hybridized carbons (Fsp3) is 0.100. The van der Waals surface area contributed by atoms with E-state index in [1.165, 1.54) is 0 Å². The molecule has 7 heteroatoms. The molecule has 1 aromatic carbocycles. The molecule has 0 N–H and O–H groups in total. The van der Waals surface area contributed by atoms with Gasteiger partial charge >= 0.3 is 11.9 Å². The van der Waals surface area contributed by atoms with Crippen LogP contribution in [0.2, 0.25) is 0 Å². The van der Waals surface area contributed by atoms with E-state index in [9.17, 15) is 13.6 Å². The Bertz CT molecular complexity index is 548. The summed E-state index contributed by atoms with van der Waals surface area (Å²) in [5, 5.41) is 3.42. The van der Waals surface area contributed by atoms with Crippen molar-refractivity contribution in [3.63, 3.8) is 0 Å². The number of hydrogen-bond acceptors (Lipinski definition) is 5. The summed E-state index contributed by atoms with van der Waals surface area (Å²) in [6.45, 7) is 0. The molecule has 0 radical (unpaired) electrons. The lowest BCUT2D eigenvalue weighted by Gasteiger charge is -1.95.